The normalized spacial score (nSPS) is 13.9. The predicted octanol–water partition coefficient (Wildman–Crippen LogP) is 6.27. The SMILES string of the molecule is C=CC(=O)N1CC(Cn2c(=O)c(=O)n(-c3c(C)cccc3C(C)C)c3cc(-c4cc(O)ccc4C(F)(F)F)c(Cl)cc32)C1. The maximum absolute atomic E-state index is 14.1. The summed E-state index contributed by atoms with van der Waals surface area (Å²) < 4.78 is 44.8. The fourth-order valence-electron chi connectivity index (χ4n) is 5.69. The number of hydrogen-bond acceptors (Lipinski definition) is 4. The minimum absolute atomic E-state index is 0.0580. The number of aryl methyl sites for hydroxylation is 1. The van der Waals surface area contributed by atoms with Crippen LogP contribution in [0.4, 0.5) is 13.2 Å². The molecule has 43 heavy (non-hydrogen) atoms. The van der Waals surface area contributed by atoms with E-state index in [0.717, 1.165) is 23.8 Å². The average Bonchev–Trinajstić information content (AvgIpc) is 2.91. The fraction of sp³-hybridized carbons (Fsp3) is 0.281. The second kappa shape index (κ2) is 11.1. The molecule has 1 fully saturated rings. The standard InChI is InChI=1S/C32H29ClF3N3O4/c1-5-28(41)37-14-19(15-37)16-38-26-13-25(33)23(22-11-20(40)9-10-24(22)32(34,35)36)12-27(26)39(31(43)30(38)42)29-18(4)7-6-8-21(29)17(2)3/h5-13,17,19,40H,1,14-16H2,2-4H3. The highest BCUT2D eigenvalue weighted by atomic mass is 35.5. The van der Waals surface area contributed by atoms with Gasteiger partial charge in [-0.3, -0.25) is 19.0 Å². The topological polar surface area (TPSA) is 84.5 Å². The zero-order chi connectivity index (χ0) is 31.4. The third-order valence-electron chi connectivity index (χ3n) is 7.82. The second-order valence-corrected chi connectivity index (χ2v) is 11.5. The molecule has 4 aromatic rings. The summed E-state index contributed by atoms with van der Waals surface area (Å²) >= 11 is 6.64. The zero-order valence-corrected chi connectivity index (χ0v) is 24.5. The minimum atomic E-state index is -4.76. The lowest BCUT2D eigenvalue weighted by molar-refractivity contribution is -0.137. The molecule has 3 aromatic carbocycles. The van der Waals surface area contributed by atoms with E-state index in [1.807, 2.05) is 26.0 Å². The van der Waals surface area contributed by atoms with Gasteiger partial charge in [0.15, 0.2) is 0 Å². The molecule has 0 radical (unpaired) electrons. The molecule has 0 aliphatic carbocycles. The van der Waals surface area contributed by atoms with Gasteiger partial charge in [-0.15, -0.1) is 0 Å². The first-order valence-corrected chi connectivity index (χ1v) is 14.0. The molecule has 5 rings (SSSR count). The van der Waals surface area contributed by atoms with Gasteiger partial charge in [0.2, 0.25) is 5.91 Å². The summed E-state index contributed by atoms with van der Waals surface area (Å²) in [5.74, 6) is -0.849. The van der Waals surface area contributed by atoms with Crippen molar-refractivity contribution < 1.29 is 23.1 Å². The summed E-state index contributed by atoms with van der Waals surface area (Å²) in [6, 6.07) is 10.9. The largest absolute Gasteiger partial charge is 0.508 e. The number of para-hydroxylation sites is 1. The van der Waals surface area contributed by atoms with Gasteiger partial charge in [-0.1, -0.05) is 50.2 Å². The van der Waals surface area contributed by atoms with Crippen LogP contribution in [0.25, 0.3) is 27.8 Å². The van der Waals surface area contributed by atoms with Gasteiger partial charge in [-0.05, 0) is 65.9 Å². The molecule has 0 unspecified atom stereocenters. The number of phenolic OH excluding ortho intramolecular Hbond substituents is 1. The second-order valence-electron chi connectivity index (χ2n) is 11.1. The molecule has 0 spiro atoms. The Morgan fingerprint density at radius 3 is 2.40 bits per heavy atom. The number of phenols is 1. The first-order chi connectivity index (χ1) is 20.2. The number of alkyl halides is 3. The number of amides is 1. The Bertz CT molecular complexity index is 1900. The lowest BCUT2D eigenvalue weighted by Crippen LogP contribution is -2.52. The Labute approximate surface area is 250 Å². The maximum Gasteiger partial charge on any atom is 0.417 e. The van der Waals surface area contributed by atoms with Crippen molar-refractivity contribution in [2.45, 2.75) is 39.4 Å². The van der Waals surface area contributed by atoms with Gasteiger partial charge in [-0.2, -0.15) is 13.2 Å². The molecule has 0 bridgehead atoms. The van der Waals surface area contributed by atoms with Crippen LogP contribution in [0.1, 0.15) is 36.5 Å². The third-order valence-corrected chi connectivity index (χ3v) is 8.14. The number of nitrogens with zero attached hydrogens (tertiary/aromatic N) is 3. The third kappa shape index (κ3) is 5.35. The van der Waals surface area contributed by atoms with Crippen molar-refractivity contribution in [1.82, 2.24) is 14.0 Å². The molecule has 11 heteroatoms. The first kappa shape index (κ1) is 30.2. The number of aromatic hydroxyl groups is 1. The lowest BCUT2D eigenvalue weighted by Gasteiger charge is -2.39. The van der Waals surface area contributed by atoms with Crippen molar-refractivity contribution in [2.75, 3.05) is 13.1 Å². The monoisotopic (exact) mass is 611 g/mol. The van der Waals surface area contributed by atoms with Crippen LogP contribution in [0.2, 0.25) is 5.02 Å². The molecule has 7 nitrogen and oxygen atoms in total. The smallest absolute Gasteiger partial charge is 0.417 e. The minimum Gasteiger partial charge on any atom is -0.508 e. The molecule has 1 amide bonds. The molecule has 1 aliphatic rings. The Hall–Kier alpha value is -4.31. The van der Waals surface area contributed by atoms with Crippen molar-refractivity contribution in [2.24, 2.45) is 5.92 Å². The predicted molar refractivity (Wildman–Crippen MR) is 160 cm³/mol. The van der Waals surface area contributed by atoms with E-state index in [9.17, 15) is 32.7 Å². The van der Waals surface area contributed by atoms with Crippen molar-refractivity contribution in [3.63, 3.8) is 0 Å². The molecule has 224 valence electrons. The van der Waals surface area contributed by atoms with Gasteiger partial charge in [0.25, 0.3) is 0 Å². The number of rotatable bonds is 6. The zero-order valence-electron chi connectivity index (χ0n) is 23.7. The number of benzene rings is 3. The highest BCUT2D eigenvalue weighted by Crippen LogP contribution is 2.42. The lowest BCUT2D eigenvalue weighted by atomic mass is 9.96. The van der Waals surface area contributed by atoms with Crippen molar-refractivity contribution in [3.05, 3.63) is 104 Å². The van der Waals surface area contributed by atoms with Gasteiger partial charge >= 0.3 is 17.3 Å². The maximum atomic E-state index is 14.1. The summed E-state index contributed by atoms with van der Waals surface area (Å²) in [6.07, 6.45) is -3.56. The van der Waals surface area contributed by atoms with Crippen LogP contribution in [0.5, 0.6) is 5.75 Å². The quantitative estimate of drug-likeness (QED) is 0.206. The molecule has 1 N–H and O–H groups in total. The van der Waals surface area contributed by atoms with Gasteiger partial charge in [0, 0.05) is 31.1 Å². The molecular weight excluding hydrogens is 583 g/mol. The molecule has 1 aliphatic heterocycles. The van der Waals surface area contributed by atoms with Crippen LogP contribution in [-0.2, 0) is 17.5 Å². The summed E-state index contributed by atoms with van der Waals surface area (Å²) in [5, 5.41) is 10.0. The molecular formula is C32H29ClF3N3O4. The average molecular weight is 612 g/mol. The summed E-state index contributed by atoms with van der Waals surface area (Å²) in [4.78, 5) is 41.2. The van der Waals surface area contributed by atoms with E-state index in [4.69, 9.17) is 11.6 Å². The summed E-state index contributed by atoms with van der Waals surface area (Å²) in [6.45, 7) is 9.93. The van der Waals surface area contributed by atoms with Gasteiger partial charge in [0.05, 0.1) is 27.3 Å². The Morgan fingerprint density at radius 2 is 1.77 bits per heavy atom. The number of carbonyl (C=O) groups is 1. The van der Waals surface area contributed by atoms with Crippen molar-refractivity contribution in [3.8, 4) is 22.6 Å². The van der Waals surface area contributed by atoms with Crippen LogP contribution in [-0.4, -0.2) is 38.1 Å². The molecule has 1 aromatic heterocycles. The number of likely N-dealkylation sites (tertiary alicyclic amines) is 1. The fourth-order valence-corrected chi connectivity index (χ4v) is 5.95. The molecule has 1 saturated heterocycles. The number of aromatic nitrogens is 2. The van der Waals surface area contributed by atoms with E-state index in [1.165, 1.54) is 27.3 Å². The Morgan fingerprint density at radius 1 is 1.07 bits per heavy atom. The number of halogens is 4. The van der Waals surface area contributed by atoms with Gasteiger partial charge in [-0.25, -0.2) is 0 Å². The van der Waals surface area contributed by atoms with Crippen LogP contribution >= 0.6 is 11.6 Å². The highest BCUT2D eigenvalue weighted by molar-refractivity contribution is 6.34. The van der Waals surface area contributed by atoms with Gasteiger partial charge < -0.3 is 14.6 Å². The van der Waals surface area contributed by atoms with Crippen LogP contribution in [0, 0.1) is 12.8 Å². The number of fused-ring (bicyclic) bond motifs is 1. The summed E-state index contributed by atoms with van der Waals surface area (Å²) in [7, 11) is 0. The van der Waals surface area contributed by atoms with E-state index in [-0.39, 0.29) is 51.5 Å². The molecule has 2 heterocycles. The highest BCUT2D eigenvalue weighted by Gasteiger charge is 2.35. The van der Waals surface area contributed by atoms with Gasteiger partial charge in [0.1, 0.15) is 5.75 Å². The number of hydrogen-bond donors (Lipinski definition) is 1. The Balaban J connectivity index is 1.84. The van der Waals surface area contributed by atoms with E-state index >= 15 is 0 Å². The van der Waals surface area contributed by atoms with Crippen LogP contribution < -0.4 is 11.1 Å². The Kier molecular flexibility index (Phi) is 7.77. The van der Waals surface area contributed by atoms with Crippen LogP contribution in [0.3, 0.4) is 0 Å². The van der Waals surface area contributed by atoms with E-state index in [1.54, 1.807) is 17.9 Å². The summed E-state index contributed by atoms with van der Waals surface area (Å²) in [5.41, 5.74) is -0.814. The molecule has 0 atom stereocenters. The number of carbonyl (C=O) groups excluding carboxylic acids is 1. The van der Waals surface area contributed by atoms with E-state index < -0.39 is 28.6 Å². The molecule has 0 saturated carbocycles. The van der Waals surface area contributed by atoms with Crippen molar-refractivity contribution >= 4 is 28.5 Å². The van der Waals surface area contributed by atoms with E-state index in [0.29, 0.717) is 24.3 Å². The first-order valence-electron chi connectivity index (χ1n) is 13.6. The van der Waals surface area contributed by atoms with E-state index in [2.05, 4.69) is 6.58 Å². The van der Waals surface area contributed by atoms with Crippen LogP contribution in [0.15, 0.2) is 70.8 Å². The van der Waals surface area contributed by atoms with Crippen molar-refractivity contribution in [1.29, 1.82) is 0 Å².